The van der Waals surface area contributed by atoms with Crippen LogP contribution in [-0.2, 0) is 19.3 Å². The lowest BCUT2D eigenvalue weighted by molar-refractivity contribution is -0.147. The Kier molecular flexibility index (Phi) is 3.75. The molecule has 0 aromatic carbocycles. The van der Waals surface area contributed by atoms with E-state index in [0.29, 0.717) is 24.7 Å². The lowest BCUT2D eigenvalue weighted by atomic mass is 10.1. The molecular formula is C14H17F3N6. The number of fused-ring (bicyclic) bond motifs is 1. The van der Waals surface area contributed by atoms with E-state index in [1.165, 1.54) is 0 Å². The molecule has 2 aromatic rings. The number of nitrogens with two attached hydrogens (primary N) is 1. The lowest BCUT2D eigenvalue weighted by Gasteiger charge is -2.35. The summed E-state index contributed by atoms with van der Waals surface area (Å²) in [6, 6.07) is 1.55. The normalized spacial score (nSPS) is 18.2. The Balaban J connectivity index is 1.94. The van der Waals surface area contributed by atoms with Crippen molar-refractivity contribution in [2.45, 2.75) is 39.2 Å². The first-order valence-electron chi connectivity index (χ1n) is 7.25. The number of hydrogen-bond donors (Lipinski definition) is 1. The highest BCUT2D eigenvalue weighted by Gasteiger charge is 2.41. The molecule has 1 unspecified atom stereocenters. The van der Waals surface area contributed by atoms with Crippen LogP contribution < -0.4 is 10.6 Å². The quantitative estimate of drug-likeness (QED) is 0.914. The largest absolute Gasteiger partial charge is 0.451 e. The minimum absolute atomic E-state index is 0.168. The van der Waals surface area contributed by atoms with Gasteiger partial charge in [0.25, 0.3) is 0 Å². The molecule has 6 nitrogen and oxygen atoms in total. The van der Waals surface area contributed by atoms with Crippen molar-refractivity contribution >= 4 is 5.82 Å². The predicted molar refractivity (Wildman–Crippen MR) is 77.7 cm³/mol. The number of aryl methyl sites for hydroxylation is 1. The third-order valence-corrected chi connectivity index (χ3v) is 4.16. The molecule has 1 atom stereocenters. The van der Waals surface area contributed by atoms with Gasteiger partial charge in [-0.3, -0.25) is 0 Å². The first-order valence-corrected chi connectivity index (χ1v) is 7.25. The fourth-order valence-corrected chi connectivity index (χ4v) is 2.85. The fourth-order valence-electron chi connectivity index (χ4n) is 2.85. The number of halogens is 3. The van der Waals surface area contributed by atoms with E-state index in [0.717, 1.165) is 15.7 Å². The monoisotopic (exact) mass is 326 g/mol. The van der Waals surface area contributed by atoms with Crippen LogP contribution in [0.2, 0.25) is 0 Å². The Labute approximate surface area is 131 Å². The van der Waals surface area contributed by atoms with Gasteiger partial charge in [-0.05, 0) is 31.0 Å². The van der Waals surface area contributed by atoms with Crippen LogP contribution in [0.3, 0.4) is 0 Å². The highest BCUT2D eigenvalue weighted by atomic mass is 19.4. The summed E-state index contributed by atoms with van der Waals surface area (Å²) in [5.74, 6) is 0.0579. The molecule has 0 fully saturated rings. The zero-order valence-corrected chi connectivity index (χ0v) is 12.8. The molecule has 9 heteroatoms. The van der Waals surface area contributed by atoms with Crippen molar-refractivity contribution in [3.8, 4) is 0 Å². The molecule has 0 amide bonds. The molecule has 0 bridgehead atoms. The molecule has 0 aliphatic carbocycles. The van der Waals surface area contributed by atoms with E-state index >= 15 is 0 Å². The van der Waals surface area contributed by atoms with Crippen LogP contribution in [0.25, 0.3) is 0 Å². The number of rotatable bonds is 2. The summed E-state index contributed by atoms with van der Waals surface area (Å²) < 4.78 is 39.9. The average molecular weight is 326 g/mol. The number of aromatic nitrogens is 4. The second-order valence-corrected chi connectivity index (χ2v) is 5.57. The van der Waals surface area contributed by atoms with E-state index in [-0.39, 0.29) is 12.6 Å². The van der Waals surface area contributed by atoms with Crippen molar-refractivity contribution in [3.63, 3.8) is 0 Å². The van der Waals surface area contributed by atoms with Crippen LogP contribution in [0.4, 0.5) is 19.0 Å². The van der Waals surface area contributed by atoms with Crippen LogP contribution in [0, 0.1) is 6.92 Å². The molecule has 2 N–H and O–H groups in total. The zero-order valence-electron chi connectivity index (χ0n) is 12.8. The Morgan fingerprint density at radius 1 is 1.30 bits per heavy atom. The maximum atomic E-state index is 12.9. The van der Waals surface area contributed by atoms with Gasteiger partial charge >= 0.3 is 6.18 Å². The van der Waals surface area contributed by atoms with E-state index in [1.54, 1.807) is 13.1 Å². The summed E-state index contributed by atoms with van der Waals surface area (Å²) in [6.07, 6.45) is -2.79. The van der Waals surface area contributed by atoms with Crippen LogP contribution >= 0.6 is 0 Å². The van der Waals surface area contributed by atoms with Gasteiger partial charge in [0, 0.05) is 25.8 Å². The SMILES string of the molecule is Cc1cc(N2CCn3c(nnc3C(F)(F)F)C2C)ncc1CN. The van der Waals surface area contributed by atoms with Gasteiger partial charge in [-0.15, -0.1) is 10.2 Å². The van der Waals surface area contributed by atoms with Gasteiger partial charge in [-0.1, -0.05) is 0 Å². The van der Waals surface area contributed by atoms with Crippen LogP contribution in [-0.4, -0.2) is 26.3 Å². The Hall–Kier alpha value is -2.16. The number of alkyl halides is 3. The molecule has 2 aromatic heterocycles. The van der Waals surface area contributed by atoms with E-state index in [1.807, 2.05) is 17.9 Å². The molecule has 124 valence electrons. The van der Waals surface area contributed by atoms with Crippen molar-refractivity contribution in [1.29, 1.82) is 0 Å². The summed E-state index contributed by atoms with van der Waals surface area (Å²) in [4.78, 5) is 6.31. The number of pyridine rings is 1. The molecule has 0 radical (unpaired) electrons. The predicted octanol–water partition coefficient (Wildman–Crippen LogP) is 2.04. The lowest BCUT2D eigenvalue weighted by Crippen LogP contribution is -2.38. The van der Waals surface area contributed by atoms with Gasteiger partial charge in [0.1, 0.15) is 5.82 Å². The van der Waals surface area contributed by atoms with E-state index in [2.05, 4.69) is 15.2 Å². The smallest absolute Gasteiger partial charge is 0.345 e. The second kappa shape index (κ2) is 5.48. The molecule has 0 spiro atoms. The van der Waals surface area contributed by atoms with Gasteiger partial charge in [-0.25, -0.2) is 4.98 Å². The van der Waals surface area contributed by atoms with E-state index in [9.17, 15) is 13.2 Å². The van der Waals surface area contributed by atoms with Crippen LogP contribution in [0.5, 0.6) is 0 Å². The maximum Gasteiger partial charge on any atom is 0.451 e. The summed E-state index contributed by atoms with van der Waals surface area (Å²) in [5.41, 5.74) is 7.58. The van der Waals surface area contributed by atoms with Gasteiger partial charge in [0.15, 0.2) is 5.82 Å². The minimum Gasteiger partial charge on any atom is -0.345 e. The van der Waals surface area contributed by atoms with E-state index in [4.69, 9.17) is 5.73 Å². The molecule has 3 heterocycles. The van der Waals surface area contributed by atoms with Crippen molar-refractivity contribution in [2.75, 3.05) is 11.4 Å². The molecule has 0 saturated heterocycles. The average Bonchev–Trinajstić information content (AvgIpc) is 2.92. The highest BCUT2D eigenvalue weighted by Crippen LogP contribution is 2.34. The van der Waals surface area contributed by atoms with Gasteiger partial charge in [0.05, 0.1) is 6.04 Å². The standard InChI is InChI=1S/C14H17F3N6/c1-8-5-11(19-7-10(8)6-18)22-3-4-23-12(9(22)2)20-21-13(23)14(15,16)17/h5,7,9H,3-4,6,18H2,1-2H3. The Morgan fingerprint density at radius 2 is 2.04 bits per heavy atom. The summed E-state index contributed by atoms with van der Waals surface area (Å²) >= 11 is 0. The first kappa shape index (κ1) is 15.7. The molecule has 23 heavy (non-hydrogen) atoms. The van der Waals surface area contributed by atoms with Crippen molar-refractivity contribution in [1.82, 2.24) is 19.7 Å². The van der Waals surface area contributed by atoms with Crippen molar-refractivity contribution < 1.29 is 13.2 Å². The zero-order chi connectivity index (χ0) is 16.8. The third-order valence-electron chi connectivity index (χ3n) is 4.16. The van der Waals surface area contributed by atoms with Gasteiger partial charge < -0.3 is 15.2 Å². The molecule has 1 aliphatic heterocycles. The van der Waals surface area contributed by atoms with Crippen molar-refractivity contribution in [2.24, 2.45) is 5.73 Å². The maximum absolute atomic E-state index is 12.9. The molecular weight excluding hydrogens is 309 g/mol. The Bertz CT molecular complexity index is 724. The van der Waals surface area contributed by atoms with Crippen molar-refractivity contribution in [3.05, 3.63) is 35.0 Å². The van der Waals surface area contributed by atoms with Gasteiger partial charge in [0.2, 0.25) is 5.82 Å². The number of nitrogens with zero attached hydrogens (tertiary/aromatic N) is 5. The molecule has 1 aliphatic rings. The summed E-state index contributed by atoms with van der Waals surface area (Å²) in [6.45, 7) is 4.71. The summed E-state index contributed by atoms with van der Waals surface area (Å²) in [7, 11) is 0. The Morgan fingerprint density at radius 3 is 2.65 bits per heavy atom. The minimum atomic E-state index is -4.50. The van der Waals surface area contributed by atoms with E-state index < -0.39 is 12.0 Å². The molecule has 3 rings (SSSR count). The van der Waals surface area contributed by atoms with Gasteiger partial charge in [-0.2, -0.15) is 13.2 Å². The number of anilines is 1. The fraction of sp³-hybridized carbons (Fsp3) is 0.500. The van der Waals surface area contributed by atoms with Crippen LogP contribution in [0.1, 0.15) is 35.7 Å². The first-order chi connectivity index (χ1) is 10.8. The number of hydrogen-bond acceptors (Lipinski definition) is 5. The summed E-state index contributed by atoms with van der Waals surface area (Å²) in [5, 5.41) is 7.06. The third kappa shape index (κ3) is 2.65. The molecule has 0 saturated carbocycles. The second-order valence-electron chi connectivity index (χ2n) is 5.57. The van der Waals surface area contributed by atoms with Crippen LogP contribution in [0.15, 0.2) is 12.3 Å². The topological polar surface area (TPSA) is 72.9 Å². The highest BCUT2D eigenvalue weighted by molar-refractivity contribution is 5.45.